The van der Waals surface area contributed by atoms with Gasteiger partial charge in [-0.1, -0.05) is 28.1 Å². The molecule has 0 amide bonds. The van der Waals surface area contributed by atoms with E-state index in [2.05, 4.69) is 45.4 Å². The minimum absolute atomic E-state index is 0.0670. The number of pyridine rings is 1. The predicted octanol–water partition coefficient (Wildman–Crippen LogP) is 2.90. The molecule has 0 aliphatic rings. The Kier molecular flexibility index (Phi) is 4.47. The molecule has 2 rings (SSSR count). The highest BCUT2D eigenvalue weighted by molar-refractivity contribution is 9.10. The second-order valence-corrected chi connectivity index (χ2v) is 5.16. The second-order valence-electron chi connectivity index (χ2n) is 4.25. The normalized spacial score (nSPS) is 12.4. The highest BCUT2D eigenvalue weighted by atomic mass is 79.9. The van der Waals surface area contributed by atoms with Crippen molar-refractivity contribution in [2.45, 2.75) is 19.4 Å². The third-order valence-electron chi connectivity index (χ3n) is 2.96. The highest BCUT2D eigenvalue weighted by Crippen LogP contribution is 2.24. The van der Waals surface area contributed by atoms with Gasteiger partial charge in [0.1, 0.15) is 0 Å². The van der Waals surface area contributed by atoms with Crippen LogP contribution in [0.5, 0.6) is 0 Å². The molecule has 1 unspecified atom stereocenters. The molecule has 0 spiro atoms. The number of benzene rings is 1. The van der Waals surface area contributed by atoms with E-state index < -0.39 is 0 Å². The maximum Gasteiger partial charge on any atom is 0.0518 e. The third kappa shape index (κ3) is 3.16. The van der Waals surface area contributed by atoms with E-state index in [1.807, 2.05) is 24.3 Å². The fraction of sp³-hybridized carbons (Fsp3) is 0.214. The van der Waals surface area contributed by atoms with Crippen LogP contribution < -0.4 is 11.3 Å². The Morgan fingerprint density at radius 1 is 1.33 bits per heavy atom. The van der Waals surface area contributed by atoms with Crippen molar-refractivity contribution >= 4 is 15.9 Å². The van der Waals surface area contributed by atoms with Gasteiger partial charge >= 0.3 is 0 Å². The van der Waals surface area contributed by atoms with E-state index in [0.717, 1.165) is 16.6 Å². The van der Waals surface area contributed by atoms with Gasteiger partial charge in [-0.3, -0.25) is 16.3 Å². The highest BCUT2D eigenvalue weighted by Gasteiger charge is 2.13. The summed E-state index contributed by atoms with van der Waals surface area (Å²) in [5.74, 6) is 5.68. The van der Waals surface area contributed by atoms with E-state index in [4.69, 9.17) is 5.84 Å². The molecular weight excluding hydrogens is 290 g/mol. The van der Waals surface area contributed by atoms with Gasteiger partial charge in [0.2, 0.25) is 0 Å². The van der Waals surface area contributed by atoms with E-state index in [0.29, 0.717) is 0 Å². The summed E-state index contributed by atoms with van der Waals surface area (Å²) in [6, 6.07) is 12.2. The number of nitrogens with zero attached hydrogens (tertiary/aromatic N) is 1. The molecule has 4 heteroatoms. The molecule has 0 aliphatic carbocycles. The monoisotopic (exact) mass is 305 g/mol. The molecule has 0 fully saturated rings. The number of hydrogen-bond donors (Lipinski definition) is 2. The van der Waals surface area contributed by atoms with E-state index in [-0.39, 0.29) is 6.04 Å². The SMILES string of the molecule is Cc1ccc(Br)cc1C(Cc1ccccn1)NN. The van der Waals surface area contributed by atoms with Crippen LogP contribution in [0.1, 0.15) is 22.9 Å². The fourth-order valence-corrected chi connectivity index (χ4v) is 2.35. The molecule has 3 nitrogen and oxygen atoms in total. The number of aromatic nitrogens is 1. The number of halogens is 1. The molecule has 0 radical (unpaired) electrons. The molecule has 1 aromatic carbocycles. The van der Waals surface area contributed by atoms with Gasteiger partial charge in [0.15, 0.2) is 0 Å². The number of nitrogens with one attached hydrogen (secondary N) is 1. The summed E-state index contributed by atoms with van der Waals surface area (Å²) in [6.07, 6.45) is 2.57. The lowest BCUT2D eigenvalue weighted by atomic mass is 9.98. The van der Waals surface area contributed by atoms with Crippen LogP contribution in [0.15, 0.2) is 47.1 Å². The van der Waals surface area contributed by atoms with E-state index in [1.54, 1.807) is 6.20 Å². The first-order valence-corrected chi connectivity index (χ1v) is 6.62. The maximum atomic E-state index is 5.68. The summed E-state index contributed by atoms with van der Waals surface area (Å²) in [4.78, 5) is 4.34. The van der Waals surface area contributed by atoms with Crippen molar-refractivity contribution in [2.24, 2.45) is 5.84 Å². The van der Waals surface area contributed by atoms with Crippen molar-refractivity contribution in [1.82, 2.24) is 10.4 Å². The van der Waals surface area contributed by atoms with Crippen LogP contribution in [0.3, 0.4) is 0 Å². The molecule has 3 N–H and O–H groups in total. The van der Waals surface area contributed by atoms with Crippen LogP contribution in [0.4, 0.5) is 0 Å². The van der Waals surface area contributed by atoms with Gasteiger partial charge in [-0.25, -0.2) is 0 Å². The van der Waals surface area contributed by atoms with E-state index in [1.165, 1.54) is 11.1 Å². The topological polar surface area (TPSA) is 50.9 Å². The second kappa shape index (κ2) is 6.09. The predicted molar refractivity (Wildman–Crippen MR) is 76.9 cm³/mol. The Balaban J connectivity index is 2.26. The van der Waals surface area contributed by atoms with Gasteiger partial charge in [-0.15, -0.1) is 0 Å². The Hall–Kier alpha value is -1.23. The average molecular weight is 306 g/mol. The van der Waals surface area contributed by atoms with Crippen LogP contribution in [-0.2, 0) is 6.42 Å². The van der Waals surface area contributed by atoms with Crippen LogP contribution in [-0.4, -0.2) is 4.98 Å². The Labute approximate surface area is 116 Å². The van der Waals surface area contributed by atoms with Crippen LogP contribution in [0.2, 0.25) is 0 Å². The average Bonchev–Trinajstić information content (AvgIpc) is 2.40. The first kappa shape index (κ1) is 13.2. The molecule has 0 saturated carbocycles. The van der Waals surface area contributed by atoms with Crippen molar-refractivity contribution in [2.75, 3.05) is 0 Å². The molecule has 0 aliphatic heterocycles. The summed E-state index contributed by atoms with van der Waals surface area (Å²) in [6.45, 7) is 2.09. The summed E-state index contributed by atoms with van der Waals surface area (Å²) in [7, 11) is 0. The van der Waals surface area contributed by atoms with Crippen LogP contribution in [0, 0.1) is 6.92 Å². The molecule has 0 saturated heterocycles. The third-order valence-corrected chi connectivity index (χ3v) is 3.45. The number of aryl methyl sites for hydroxylation is 1. The molecule has 2 aromatic rings. The van der Waals surface area contributed by atoms with E-state index in [9.17, 15) is 0 Å². The standard InChI is InChI=1S/C14H16BrN3/c1-10-5-6-11(15)8-13(10)14(18-16)9-12-4-2-3-7-17-12/h2-8,14,18H,9,16H2,1H3. The first-order valence-electron chi connectivity index (χ1n) is 5.83. The smallest absolute Gasteiger partial charge is 0.0518 e. The quantitative estimate of drug-likeness (QED) is 0.674. The zero-order valence-electron chi connectivity index (χ0n) is 10.2. The molecule has 1 heterocycles. The van der Waals surface area contributed by atoms with Crippen LogP contribution >= 0.6 is 15.9 Å². The summed E-state index contributed by atoms with van der Waals surface area (Å²) in [5.41, 5.74) is 6.31. The molecular formula is C14H16BrN3. The van der Waals surface area contributed by atoms with Crippen molar-refractivity contribution < 1.29 is 0 Å². The molecule has 1 atom stereocenters. The number of hydrogen-bond acceptors (Lipinski definition) is 3. The number of hydrazine groups is 1. The lowest BCUT2D eigenvalue weighted by molar-refractivity contribution is 0.543. The number of nitrogens with two attached hydrogens (primary N) is 1. The Morgan fingerprint density at radius 2 is 2.17 bits per heavy atom. The number of rotatable bonds is 4. The minimum atomic E-state index is 0.0670. The maximum absolute atomic E-state index is 5.68. The first-order chi connectivity index (χ1) is 8.70. The van der Waals surface area contributed by atoms with Gasteiger partial charge in [-0.2, -0.15) is 0 Å². The van der Waals surface area contributed by atoms with Crippen molar-refractivity contribution in [3.8, 4) is 0 Å². The van der Waals surface area contributed by atoms with Gasteiger partial charge in [0.25, 0.3) is 0 Å². The minimum Gasteiger partial charge on any atom is -0.271 e. The molecule has 1 aromatic heterocycles. The van der Waals surface area contributed by atoms with Gasteiger partial charge < -0.3 is 0 Å². The van der Waals surface area contributed by atoms with Crippen molar-refractivity contribution in [3.05, 3.63) is 63.9 Å². The summed E-state index contributed by atoms with van der Waals surface area (Å²) >= 11 is 3.50. The molecule has 94 valence electrons. The van der Waals surface area contributed by atoms with Crippen LogP contribution in [0.25, 0.3) is 0 Å². The molecule has 0 bridgehead atoms. The van der Waals surface area contributed by atoms with Gasteiger partial charge in [0, 0.05) is 22.8 Å². The van der Waals surface area contributed by atoms with Crippen molar-refractivity contribution in [3.63, 3.8) is 0 Å². The zero-order valence-corrected chi connectivity index (χ0v) is 11.8. The lowest BCUT2D eigenvalue weighted by Crippen LogP contribution is -2.30. The Bertz CT molecular complexity index is 514. The summed E-state index contributed by atoms with van der Waals surface area (Å²) in [5, 5.41) is 0. The lowest BCUT2D eigenvalue weighted by Gasteiger charge is -2.18. The zero-order chi connectivity index (χ0) is 13.0. The van der Waals surface area contributed by atoms with Crippen molar-refractivity contribution in [1.29, 1.82) is 0 Å². The summed E-state index contributed by atoms with van der Waals surface area (Å²) < 4.78 is 1.06. The Morgan fingerprint density at radius 3 is 2.83 bits per heavy atom. The largest absolute Gasteiger partial charge is 0.271 e. The fourth-order valence-electron chi connectivity index (χ4n) is 1.97. The van der Waals surface area contributed by atoms with E-state index >= 15 is 0 Å². The van der Waals surface area contributed by atoms with Gasteiger partial charge in [-0.05, 0) is 42.3 Å². The van der Waals surface area contributed by atoms with Gasteiger partial charge in [0.05, 0.1) is 6.04 Å². The molecule has 18 heavy (non-hydrogen) atoms.